The number of aryl methyl sites for hydroxylation is 1. The van der Waals surface area contributed by atoms with Crippen molar-refractivity contribution in [1.82, 2.24) is 19.4 Å². The number of carbonyl (C=O) groups excluding carboxylic acids is 2. The van der Waals surface area contributed by atoms with E-state index in [0.29, 0.717) is 43.3 Å². The number of halogens is 3. The summed E-state index contributed by atoms with van der Waals surface area (Å²) in [6.07, 6.45) is 2.94. The van der Waals surface area contributed by atoms with E-state index in [0.717, 1.165) is 16.5 Å². The van der Waals surface area contributed by atoms with Crippen molar-refractivity contribution < 1.29 is 18.0 Å². The third kappa shape index (κ3) is 5.58. The molecule has 9 nitrogen and oxygen atoms in total. The van der Waals surface area contributed by atoms with Crippen molar-refractivity contribution >= 4 is 69.0 Å². The molecule has 3 aromatic rings. The fraction of sp³-hybridized carbons (Fsp3) is 0.375. The Hall–Kier alpha value is -2.37. The first-order valence-corrected chi connectivity index (χ1v) is 13.5. The number of imidazole rings is 1. The Balaban J connectivity index is 0.00000190. The van der Waals surface area contributed by atoms with E-state index >= 15 is 0 Å². The van der Waals surface area contributed by atoms with Gasteiger partial charge in [0.05, 0.1) is 35.1 Å². The highest BCUT2D eigenvalue weighted by atomic mass is 35.5. The SMILES string of the molecule is Cc1ncc2n1C(=O)N(C1CCN(C(=O)[C@H](N)CS(=O)(=O)c3ccc4cc(Cl)ccc4c3)CC1)C2.Cl.Cl. The van der Waals surface area contributed by atoms with E-state index in [1.54, 1.807) is 52.9 Å². The zero-order valence-electron chi connectivity index (χ0n) is 20.0. The molecule has 0 radical (unpaired) electrons. The number of amides is 2. The summed E-state index contributed by atoms with van der Waals surface area (Å²) >= 11 is 6.00. The molecule has 0 bridgehead atoms. The first-order chi connectivity index (χ1) is 16.6. The molecule has 0 unspecified atom stereocenters. The zero-order chi connectivity index (χ0) is 24.9. The standard InChI is InChI=1S/C24H26ClN5O4S.2ClH/c1-15-27-12-20-13-29(24(32)30(15)20)19-6-8-28(9-7-19)23(31)22(26)14-35(33,34)21-5-3-16-10-18(25)4-2-17(16)11-21;;/h2-5,10-12,19,22H,6-9,13-14,26H2,1H3;2*1H/t22-;;/m1../s1. The van der Waals surface area contributed by atoms with Crippen molar-refractivity contribution in [3.63, 3.8) is 0 Å². The summed E-state index contributed by atoms with van der Waals surface area (Å²) in [4.78, 5) is 33.5. The lowest BCUT2D eigenvalue weighted by atomic mass is 10.0. The Morgan fingerprint density at radius 3 is 2.46 bits per heavy atom. The molecule has 13 heteroatoms. The molecule has 1 fully saturated rings. The van der Waals surface area contributed by atoms with Gasteiger partial charge in [-0.3, -0.25) is 9.36 Å². The number of hydrogen-bond donors (Lipinski definition) is 1. The van der Waals surface area contributed by atoms with E-state index in [1.165, 1.54) is 6.07 Å². The summed E-state index contributed by atoms with van der Waals surface area (Å²) in [7, 11) is -3.77. The van der Waals surface area contributed by atoms with Crippen molar-refractivity contribution in [1.29, 1.82) is 0 Å². The molecule has 1 aromatic heterocycles. The second kappa shape index (κ2) is 11.2. The molecule has 2 aromatic carbocycles. The van der Waals surface area contributed by atoms with E-state index in [-0.39, 0.29) is 41.8 Å². The van der Waals surface area contributed by atoms with Gasteiger partial charge in [-0.1, -0.05) is 23.7 Å². The van der Waals surface area contributed by atoms with Crippen LogP contribution in [0.25, 0.3) is 10.8 Å². The minimum Gasteiger partial charge on any atom is -0.341 e. The average Bonchev–Trinajstić information content (AvgIpc) is 3.37. The molecule has 0 saturated carbocycles. The molecule has 2 amide bonds. The lowest BCUT2D eigenvalue weighted by Crippen LogP contribution is -2.52. The Bertz CT molecular complexity index is 1440. The largest absolute Gasteiger partial charge is 0.341 e. The summed E-state index contributed by atoms with van der Waals surface area (Å²) in [5.74, 6) is -0.196. The molecule has 3 heterocycles. The zero-order valence-corrected chi connectivity index (χ0v) is 23.2. The molecule has 2 aliphatic heterocycles. The maximum atomic E-state index is 13.0. The van der Waals surface area contributed by atoms with Gasteiger partial charge in [-0.2, -0.15) is 0 Å². The van der Waals surface area contributed by atoms with Crippen LogP contribution in [0, 0.1) is 6.92 Å². The monoisotopic (exact) mass is 587 g/mol. The number of rotatable bonds is 5. The number of aromatic nitrogens is 2. The first kappa shape index (κ1) is 29.2. The minimum atomic E-state index is -3.77. The number of benzene rings is 2. The topological polar surface area (TPSA) is 119 Å². The Labute approximate surface area is 232 Å². The van der Waals surface area contributed by atoms with E-state index in [4.69, 9.17) is 17.3 Å². The van der Waals surface area contributed by atoms with Gasteiger partial charge in [-0.15, -0.1) is 24.8 Å². The van der Waals surface area contributed by atoms with Crippen LogP contribution in [0.3, 0.4) is 0 Å². The maximum absolute atomic E-state index is 13.0. The summed E-state index contributed by atoms with van der Waals surface area (Å²) < 4.78 is 27.6. The second-order valence-electron chi connectivity index (χ2n) is 9.14. The Morgan fingerprint density at radius 2 is 1.78 bits per heavy atom. The Kier molecular flexibility index (Phi) is 8.81. The molecule has 200 valence electrons. The van der Waals surface area contributed by atoms with Crippen molar-refractivity contribution in [3.05, 3.63) is 59.1 Å². The highest BCUT2D eigenvalue weighted by Crippen LogP contribution is 2.27. The highest BCUT2D eigenvalue weighted by Gasteiger charge is 2.37. The van der Waals surface area contributed by atoms with E-state index < -0.39 is 27.5 Å². The second-order valence-corrected chi connectivity index (χ2v) is 11.6. The Morgan fingerprint density at radius 1 is 1.14 bits per heavy atom. The molecular weight excluding hydrogens is 561 g/mol. The number of piperidine rings is 1. The van der Waals surface area contributed by atoms with Crippen LogP contribution in [0.5, 0.6) is 0 Å². The lowest BCUT2D eigenvalue weighted by molar-refractivity contribution is -0.133. The van der Waals surface area contributed by atoms with E-state index in [2.05, 4.69) is 4.98 Å². The number of nitrogens with zero attached hydrogens (tertiary/aromatic N) is 4. The molecule has 5 rings (SSSR count). The fourth-order valence-corrected chi connectivity index (χ4v) is 6.51. The van der Waals surface area contributed by atoms with Crippen LogP contribution < -0.4 is 5.73 Å². The molecule has 0 spiro atoms. The van der Waals surface area contributed by atoms with Crippen LogP contribution in [0.1, 0.15) is 24.4 Å². The molecule has 2 aliphatic rings. The van der Waals surface area contributed by atoms with Gasteiger partial charge in [-0.25, -0.2) is 18.2 Å². The number of fused-ring (bicyclic) bond motifs is 2. The molecule has 1 atom stereocenters. The predicted octanol–water partition coefficient (Wildman–Crippen LogP) is 3.42. The van der Waals surface area contributed by atoms with Crippen LogP contribution in [0.4, 0.5) is 4.79 Å². The van der Waals surface area contributed by atoms with E-state index in [9.17, 15) is 18.0 Å². The maximum Gasteiger partial charge on any atom is 0.330 e. The van der Waals surface area contributed by atoms with Gasteiger partial charge in [0.25, 0.3) is 0 Å². The summed E-state index contributed by atoms with van der Waals surface area (Å²) in [6.45, 7) is 3.15. The minimum absolute atomic E-state index is 0. The molecular formula is C24H28Cl3N5O4S. The summed E-state index contributed by atoms with van der Waals surface area (Å²) in [5, 5.41) is 2.14. The number of sulfone groups is 1. The van der Waals surface area contributed by atoms with Crippen LogP contribution >= 0.6 is 36.4 Å². The van der Waals surface area contributed by atoms with Gasteiger partial charge in [0.15, 0.2) is 9.84 Å². The number of hydrogen-bond acceptors (Lipinski definition) is 6. The molecule has 0 aliphatic carbocycles. The van der Waals surface area contributed by atoms with Gasteiger partial charge >= 0.3 is 6.03 Å². The quantitative estimate of drug-likeness (QED) is 0.488. The smallest absolute Gasteiger partial charge is 0.330 e. The van der Waals surface area contributed by atoms with Gasteiger partial charge < -0.3 is 15.5 Å². The third-order valence-electron chi connectivity index (χ3n) is 6.85. The van der Waals surface area contributed by atoms with Gasteiger partial charge in [0.2, 0.25) is 5.91 Å². The molecule has 2 N–H and O–H groups in total. The van der Waals surface area contributed by atoms with Gasteiger partial charge in [0, 0.05) is 24.2 Å². The number of nitrogens with two attached hydrogens (primary N) is 1. The summed E-state index contributed by atoms with van der Waals surface area (Å²) in [5.41, 5.74) is 6.95. The number of likely N-dealkylation sites (tertiary alicyclic amines) is 1. The van der Waals surface area contributed by atoms with E-state index in [1.807, 2.05) is 4.90 Å². The molecule has 1 saturated heterocycles. The van der Waals surface area contributed by atoms with Crippen molar-refractivity contribution in [2.75, 3.05) is 18.8 Å². The van der Waals surface area contributed by atoms with Gasteiger partial charge in [-0.05, 0) is 54.8 Å². The molecule has 37 heavy (non-hydrogen) atoms. The third-order valence-corrected chi connectivity index (χ3v) is 8.85. The number of carbonyl (C=O) groups is 2. The lowest BCUT2D eigenvalue weighted by Gasteiger charge is -2.37. The van der Waals surface area contributed by atoms with Crippen LogP contribution in [-0.2, 0) is 21.2 Å². The van der Waals surface area contributed by atoms with Crippen LogP contribution in [-0.4, -0.2) is 70.6 Å². The van der Waals surface area contributed by atoms with Crippen molar-refractivity contribution in [3.8, 4) is 0 Å². The van der Waals surface area contributed by atoms with Crippen molar-refractivity contribution in [2.45, 2.75) is 43.3 Å². The average molecular weight is 589 g/mol. The van der Waals surface area contributed by atoms with Crippen LogP contribution in [0.2, 0.25) is 5.02 Å². The van der Waals surface area contributed by atoms with Crippen LogP contribution in [0.15, 0.2) is 47.5 Å². The first-order valence-electron chi connectivity index (χ1n) is 11.4. The predicted molar refractivity (Wildman–Crippen MR) is 146 cm³/mol. The highest BCUT2D eigenvalue weighted by molar-refractivity contribution is 7.91. The summed E-state index contributed by atoms with van der Waals surface area (Å²) in [6, 6.07) is 8.76. The normalized spacial score (nSPS) is 16.8. The fourth-order valence-electron chi connectivity index (χ4n) is 4.94. The van der Waals surface area contributed by atoms with Crippen molar-refractivity contribution in [2.24, 2.45) is 5.73 Å². The van der Waals surface area contributed by atoms with Gasteiger partial charge in [0.1, 0.15) is 5.82 Å².